The van der Waals surface area contributed by atoms with Crippen molar-refractivity contribution in [3.8, 4) is 0 Å². The monoisotopic (exact) mass is 512 g/mol. The molecule has 1 aliphatic carbocycles. The van der Waals surface area contributed by atoms with Crippen LogP contribution in [-0.4, -0.2) is 94.1 Å². The molecule has 37 heavy (non-hydrogen) atoms. The van der Waals surface area contributed by atoms with Crippen LogP contribution in [0.1, 0.15) is 18.2 Å². The minimum absolute atomic E-state index is 0.0499. The number of aliphatic hydroxyl groups is 5. The van der Waals surface area contributed by atoms with Gasteiger partial charge in [-0.1, -0.05) is 30.3 Å². The lowest BCUT2D eigenvalue weighted by Crippen LogP contribution is -2.49. The van der Waals surface area contributed by atoms with E-state index < -0.39 is 55.3 Å². The lowest BCUT2D eigenvalue weighted by molar-refractivity contribution is -0.121. The zero-order valence-corrected chi connectivity index (χ0v) is 19.6. The number of benzene rings is 1. The summed E-state index contributed by atoms with van der Waals surface area (Å²) in [7, 11) is 0. The number of anilines is 1. The van der Waals surface area contributed by atoms with Gasteiger partial charge in [0, 0.05) is 18.5 Å². The van der Waals surface area contributed by atoms with E-state index in [2.05, 4.69) is 25.6 Å². The Hall–Kier alpha value is -3.46. The van der Waals surface area contributed by atoms with Crippen LogP contribution in [0.15, 0.2) is 54.6 Å². The van der Waals surface area contributed by atoms with E-state index in [9.17, 15) is 30.3 Å². The van der Waals surface area contributed by atoms with E-state index in [0.717, 1.165) is 11.6 Å². The summed E-state index contributed by atoms with van der Waals surface area (Å²) in [6.07, 6.45) is -3.59. The van der Waals surface area contributed by atoms with Gasteiger partial charge in [-0.25, -0.2) is 15.0 Å². The van der Waals surface area contributed by atoms with Crippen LogP contribution >= 0.6 is 0 Å². The van der Waals surface area contributed by atoms with Crippen LogP contribution in [0.5, 0.6) is 0 Å². The predicted molar refractivity (Wildman–Crippen MR) is 129 cm³/mol. The molecule has 1 aromatic carbocycles. The fourth-order valence-electron chi connectivity index (χ4n) is 4.60. The molecule has 13 heteroatoms. The molecule has 2 aromatic heterocycles. The molecule has 13 nitrogen and oxygen atoms in total. The Labute approximate surface area is 211 Å². The normalized spacial score (nSPS) is 29.8. The molecule has 7 atom stereocenters. The fourth-order valence-corrected chi connectivity index (χ4v) is 4.60. The lowest BCUT2D eigenvalue weighted by atomic mass is 9.91. The molecule has 0 saturated carbocycles. The van der Waals surface area contributed by atoms with Crippen LogP contribution in [-0.2, 0) is 16.1 Å². The first-order valence-corrected chi connectivity index (χ1v) is 11.8. The number of imidazole rings is 1. The summed E-state index contributed by atoms with van der Waals surface area (Å²) in [4.78, 5) is 26.0. The van der Waals surface area contributed by atoms with Crippen molar-refractivity contribution in [3.05, 3.63) is 60.2 Å². The number of aromatic nitrogens is 4. The predicted octanol–water partition coefficient (Wildman–Crippen LogP) is -1.41. The first-order valence-electron chi connectivity index (χ1n) is 11.8. The number of ether oxygens (including phenoxy) is 1. The number of nitrogens with zero attached hydrogens (tertiary/aromatic N) is 4. The number of fused-ring (bicyclic) bond motifs is 1. The molecular weight excluding hydrogens is 484 g/mol. The Morgan fingerprint density at radius 2 is 1.86 bits per heavy atom. The zero-order chi connectivity index (χ0) is 26.1. The highest BCUT2D eigenvalue weighted by molar-refractivity contribution is 5.94. The molecular formula is C24H28N6O7. The van der Waals surface area contributed by atoms with E-state index in [0.29, 0.717) is 23.5 Å². The van der Waals surface area contributed by atoms with E-state index in [-0.39, 0.29) is 12.0 Å². The van der Waals surface area contributed by atoms with Crippen LogP contribution < -0.4 is 10.6 Å². The zero-order valence-electron chi connectivity index (χ0n) is 19.6. The van der Waals surface area contributed by atoms with Gasteiger partial charge in [-0.15, -0.1) is 0 Å². The molecule has 3 aromatic rings. The molecule has 1 aliphatic heterocycles. The van der Waals surface area contributed by atoms with Crippen molar-refractivity contribution in [3.63, 3.8) is 0 Å². The van der Waals surface area contributed by atoms with Crippen LogP contribution in [0.25, 0.3) is 11.2 Å². The minimum atomic E-state index is -1.41. The summed E-state index contributed by atoms with van der Waals surface area (Å²) in [5.41, 5.74) is 1.92. The van der Waals surface area contributed by atoms with Gasteiger partial charge in [0.05, 0.1) is 19.0 Å². The Kier molecular flexibility index (Phi) is 7.15. The molecule has 7 N–H and O–H groups in total. The molecule has 1 amide bonds. The van der Waals surface area contributed by atoms with Crippen molar-refractivity contribution >= 4 is 22.9 Å². The van der Waals surface area contributed by atoms with E-state index in [1.165, 1.54) is 17.2 Å². The average Bonchev–Trinajstić information content (AvgIpc) is 3.47. The summed E-state index contributed by atoms with van der Waals surface area (Å²) < 4.78 is 7.41. The molecule has 0 radical (unpaired) electrons. The molecule has 2 aliphatic rings. The number of hydrogen-bond donors (Lipinski definition) is 7. The van der Waals surface area contributed by atoms with Gasteiger partial charge in [0.1, 0.15) is 36.8 Å². The van der Waals surface area contributed by atoms with E-state index in [1.807, 2.05) is 30.3 Å². The largest absolute Gasteiger partial charge is 0.394 e. The Bertz CT molecular complexity index is 1290. The summed E-state index contributed by atoms with van der Waals surface area (Å²) >= 11 is 0. The van der Waals surface area contributed by atoms with E-state index in [4.69, 9.17) is 4.74 Å². The Morgan fingerprint density at radius 3 is 2.59 bits per heavy atom. The van der Waals surface area contributed by atoms with Crippen LogP contribution in [0.3, 0.4) is 0 Å². The second-order valence-corrected chi connectivity index (χ2v) is 9.07. The highest BCUT2D eigenvalue weighted by atomic mass is 16.5. The number of hydrogen-bond acceptors (Lipinski definition) is 11. The van der Waals surface area contributed by atoms with Crippen molar-refractivity contribution in [1.29, 1.82) is 0 Å². The lowest BCUT2D eigenvalue weighted by Gasteiger charge is -2.29. The maximum absolute atomic E-state index is 13.0. The molecule has 1 fully saturated rings. The van der Waals surface area contributed by atoms with Gasteiger partial charge in [-0.05, 0) is 11.6 Å². The smallest absolute Gasteiger partial charge is 0.247 e. The second-order valence-electron chi connectivity index (χ2n) is 9.07. The number of carbonyl (C=O) groups excluding carboxylic acids is 1. The summed E-state index contributed by atoms with van der Waals surface area (Å²) in [6, 6.07) is 8.71. The van der Waals surface area contributed by atoms with Crippen LogP contribution in [0.4, 0.5) is 5.82 Å². The topological polar surface area (TPSA) is 195 Å². The molecule has 0 bridgehead atoms. The molecule has 0 spiro atoms. The third-order valence-electron chi connectivity index (χ3n) is 6.62. The molecule has 3 unspecified atom stereocenters. The van der Waals surface area contributed by atoms with Crippen molar-refractivity contribution in [2.45, 2.75) is 55.8 Å². The number of carbonyl (C=O) groups is 1. The van der Waals surface area contributed by atoms with Gasteiger partial charge < -0.3 is 40.9 Å². The van der Waals surface area contributed by atoms with Gasteiger partial charge in [0.25, 0.3) is 0 Å². The molecule has 5 rings (SSSR count). The maximum Gasteiger partial charge on any atom is 0.247 e. The van der Waals surface area contributed by atoms with Gasteiger partial charge in [-0.3, -0.25) is 9.36 Å². The summed E-state index contributed by atoms with van der Waals surface area (Å²) in [5.74, 6) is -0.176. The molecule has 3 heterocycles. The van der Waals surface area contributed by atoms with Crippen molar-refractivity contribution in [2.75, 3.05) is 11.9 Å². The van der Waals surface area contributed by atoms with Gasteiger partial charge in [0.15, 0.2) is 23.2 Å². The van der Waals surface area contributed by atoms with Gasteiger partial charge in [0.2, 0.25) is 5.91 Å². The maximum atomic E-state index is 13.0. The van der Waals surface area contributed by atoms with Crippen molar-refractivity contribution < 1.29 is 35.1 Å². The second kappa shape index (κ2) is 10.5. The first-order chi connectivity index (χ1) is 17.9. The average molecular weight is 513 g/mol. The van der Waals surface area contributed by atoms with Crippen molar-refractivity contribution in [1.82, 2.24) is 24.8 Å². The minimum Gasteiger partial charge on any atom is -0.394 e. The number of nitrogens with one attached hydrogen (secondary N) is 2. The van der Waals surface area contributed by atoms with Gasteiger partial charge >= 0.3 is 0 Å². The summed E-state index contributed by atoms with van der Waals surface area (Å²) in [5, 5.41) is 56.1. The number of aliphatic hydroxyl groups excluding tert-OH is 5. The third-order valence-corrected chi connectivity index (χ3v) is 6.62. The Morgan fingerprint density at radius 1 is 1.08 bits per heavy atom. The Balaban J connectivity index is 1.40. The number of rotatable bonds is 7. The van der Waals surface area contributed by atoms with E-state index in [1.54, 1.807) is 0 Å². The fraction of sp³-hybridized carbons (Fsp3) is 0.417. The highest BCUT2D eigenvalue weighted by Gasteiger charge is 2.46. The molecule has 1 saturated heterocycles. The third kappa shape index (κ3) is 4.92. The highest BCUT2D eigenvalue weighted by Crippen LogP contribution is 2.33. The standard InChI is InChI=1S/C24H28N6O7/c31-9-16-20(35)17(29-23(36)13-6-14(32)19(34)15(33)7-13)24(37-16)30-11-28-18-21(26-10-27-22(18)30)25-8-12-4-2-1-3-5-12/h1-6,10-11,14-17,19-20,24,31-35H,7-9H2,(H,29,36)(H,25,26,27)/t14?,15?,16-,17-,19?,20-,24-/m1/s1. The molecule has 196 valence electrons. The van der Waals surface area contributed by atoms with Crippen LogP contribution in [0.2, 0.25) is 0 Å². The number of amides is 1. The summed E-state index contributed by atoms with van der Waals surface area (Å²) in [6.45, 7) is 0.00703. The SMILES string of the molecule is O=C(N[C@@H]1[C@H](O)[C@@H](CO)O[C@H]1n1cnc2c(NCc3ccccc3)ncnc21)C1=CC(O)C(O)C(O)C1. The van der Waals surface area contributed by atoms with Crippen LogP contribution in [0, 0.1) is 0 Å². The quantitative estimate of drug-likeness (QED) is 0.196. The van der Waals surface area contributed by atoms with Crippen molar-refractivity contribution in [2.24, 2.45) is 0 Å². The van der Waals surface area contributed by atoms with Gasteiger partial charge in [-0.2, -0.15) is 0 Å². The van der Waals surface area contributed by atoms with E-state index >= 15 is 0 Å². The first kappa shape index (κ1) is 25.2.